The van der Waals surface area contributed by atoms with E-state index < -0.39 is 32.1 Å². The predicted molar refractivity (Wildman–Crippen MR) is 250 cm³/mol. The summed E-state index contributed by atoms with van der Waals surface area (Å²) in [5.74, 6) is 0. The van der Waals surface area contributed by atoms with Crippen LogP contribution in [0.4, 0.5) is 0 Å². The first-order chi connectivity index (χ1) is 31.1. The molecule has 2 heterocycles. The number of hydrogen-bond donors (Lipinski definition) is 2. The van der Waals surface area contributed by atoms with Gasteiger partial charge in [0.25, 0.3) is 20.0 Å². The van der Waals surface area contributed by atoms with Gasteiger partial charge in [-0.3, -0.25) is 0 Å². The van der Waals surface area contributed by atoms with Crippen LogP contribution in [0.2, 0.25) is 0 Å². The van der Waals surface area contributed by atoms with E-state index in [0.717, 1.165) is 46.1 Å². The number of nitrogens with one attached hydrogen (secondary N) is 2. The van der Waals surface area contributed by atoms with Crippen molar-refractivity contribution in [1.82, 2.24) is 39.6 Å². The lowest BCUT2D eigenvalue weighted by Gasteiger charge is -2.22. The van der Waals surface area contributed by atoms with Crippen LogP contribution in [0, 0.1) is 13.8 Å². The summed E-state index contributed by atoms with van der Waals surface area (Å²) in [7, 11) is -8.01. The average Bonchev–Trinajstić information content (AvgIpc) is 3.94. The maximum absolute atomic E-state index is 13.6. The standard InChI is InChI=1S/C48H48N10O4S2/c1-35-27-31-39(32-28-35)63(59,60)55-51-43(47(37-17-7-5-8-18-37)57-45-25-15-13-21-41(45)49-53-57)23-11-3-4-12-24-44(52-56-64(61,62)40-33-29-36(2)30-34-40)48(38-19-9-6-10-20-38)58-46-26-16-14-22-42(46)50-54-58/h5-10,13-22,25-34,47-48,55-56H,3-4,11-12,23-24H2,1-2H3/b51-43+,52-44+. The van der Waals surface area contributed by atoms with Crippen LogP contribution in [0.1, 0.15) is 72.9 Å². The van der Waals surface area contributed by atoms with Crippen LogP contribution in [0.3, 0.4) is 0 Å². The summed E-state index contributed by atoms with van der Waals surface area (Å²) in [4.78, 5) is 5.27. The van der Waals surface area contributed by atoms with E-state index in [4.69, 9.17) is 0 Å². The predicted octanol–water partition coefficient (Wildman–Crippen LogP) is 8.68. The third-order valence-corrected chi connectivity index (χ3v) is 13.5. The van der Waals surface area contributed by atoms with E-state index in [1.165, 1.54) is 0 Å². The summed E-state index contributed by atoms with van der Waals surface area (Å²) in [6, 6.07) is 46.8. The molecule has 2 aromatic heterocycles. The normalized spacial score (nSPS) is 13.5. The summed E-state index contributed by atoms with van der Waals surface area (Å²) in [6.07, 6.45) is 3.66. The summed E-state index contributed by atoms with van der Waals surface area (Å²) >= 11 is 0. The topological polar surface area (TPSA) is 178 Å². The minimum Gasteiger partial charge on any atom is -0.231 e. The molecule has 2 N–H and O–H groups in total. The molecule has 0 aliphatic heterocycles. The zero-order valence-electron chi connectivity index (χ0n) is 35.4. The molecule has 0 spiro atoms. The number of hydrogen-bond acceptors (Lipinski definition) is 10. The van der Waals surface area contributed by atoms with Crippen LogP contribution in [0.25, 0.3) is 22.1 Å². The van der Waals surface area contributed by atoms with Gasteiger partial charge in [0.05, 0.1) is 32.2 Å². The Morgan fingerprint density at radius 3 is 1.23 bits per heavy atom. The minimum atomic E-state index is -4.00. The number of aryl methyl sites for hydroxylation is 2. The largest absolute Gasteiger partial charge is 0.276 e. The molecule has 0 bridgehead atoms. The van der Waals surface area contributed by atoms with E-state index in [2.05, 4.69) is 40.5 Å². The van der Waals surface area contributed by atoms with Gasteiger partial charge >= 0.3 is 0 Å². The highest BCUT2D eigenvalue weighted by Crippen LogP contribution is 2.29. The second-order valence-corrected chi connectivity index (χ2v) is 18.9. The lowest BCUT2D eigenvalue weighted by Crippen LogP contribution is -2.27. The van der Waals surface area contributed by atoms with Gasteiger partial charge in [0.15, 0.2) is 0 Å². The van der Waals surface area contributed by atoms with Crippen LogP contribution in [0.15, 0.2) is 178 Å². The van der Waals surface area contributed by atoms with Crippen molar-refractivity contribution < 1.29 is 16.8 Å². The molecule has 0 fully saturated rings. The van der Waals surface area contributed by atoms with E-state index in [0.29, 0.717) is 48.1 Å². The van der Waals surface area contributed by atoms with Gasteiger partial charge in [-0.2, -0.15) is 27.0 Å². The number of aromatic nitrogens is 6. The van der Waals surface area contributed by atoms with E-state index in [1.807, 2.05) is 123 Å². The molecule has 2 atom stereocenters. The fourth-order valence-corrected chi connectivity index (χ4v) is 9.30. The summed E-state index contributed by atoms with van der Waals surface area (Å²) in [6.45, 7) is 3.80. The van der Waals surface area contributed by atoms with Gasteiger partial charge in [-0.05, 0) is 99.2 Å². The number of unbranched alkanes of at least 4 members (excludes halogenated alkanes) is 3. The van der Waals surface area contributed by atoms with Crippen molar-refractivity contribution in [3.63, 3.8) is 0 Å². The molecule has 0 saturated heterocycles. The Hall–Kier alpha value is -7.04. The molecular formula is C48H48N10O4S2. The highest BCUT2D eigenvalue weighted by molar-refractivity contribution is 7.89. The van der Waals surface area contributed by atoms with Crippen LogP contribution in [0.5, 0.6) is 0 Å². The molecule has 2 unspecified atom stereocenters. The lowest BCUT2D eigenvalue weighted by molar-refractivity contribution is 0.576. The van der Waals surface area contributed by atoms with E-state index in [9.17, 15) is 16.8 Å². The smallest absolute Gasteiger partial charge is 0.231 e. The fourth-order valence-electron chi connectivity index (χ4n) is 7.63. The van der Waals surface area contributed by atoms with Crippen LogP contribution >= 0.6 is 0 Å². The van der Waals surface area contributed by atoms with E-state index in [-0.39, 0.29) is 9.79 Å². The molecule has 0 saturated carbocycles. The fraction of sp³-hybridized carbons (Fsp3) is 0.208. The average molecular weight is 893 g/mol. The van der Waals surface area contributed by atoms with Gasteiger partial charge < -0.3 is 0 Å². The Morgan fingerprint density at radius 2 is 0.844 bits per heavy atom. The van der Waals surface area contributed by atoms with E-state index >= 15 is 0 Å². The zero-order chi connectivity index (χ0) is 44.5. The summed E-state index contributed by atoms with van der Waals surface area (Å²) in [5, 5.41) is 27.3. The number of benzene rings is 6. The van der Waals surface area contributed by atoms with Gasteiger partial charge in [-0.15, -0.1) is 10.2 Å². The van der Waals surface area contributed by atoms with Crippen molar-refractivity contribution in [3.8, 4) is 0 Å². The van der Waals surface area contributed by atoms with Crippen molar-refractivity contribution in [2.24, 2.45) is 10.2 Å². The second-order valence-electron chi connectivity index (χ2n) is 15.6. The molecule has 0 amide bonds. The number of hydrazone groups is 2. The molecule has 326 valence electrons. The molecule has 0 aliphatic carbocycles. The molecule has 16 heteroatoms. The number of nitrogens with zero attached hydrogens (tertiary/aromatic N) is 8. The number of para-hydroxylation sites is 2. The third kappa shape index (κ3) is 10.1. The Morgan fingerprint density at radius 1 is 0.484 bits per heavy atom. The molecule has 0 aliphatic rings. The quantitative estimate of drug-likeness (QED) is 0.0460. The molecule has 6 aromatic carbocycles. The molecule has 8 aromatic rings. The third-order valence-electron chi connectivity index (χ3n) is 11.0. The van der Waals surface area contributed by atoms with Crippen molar-refractivity contribution >= 4 is 53.5 Å². The number of fused-ring (bicyclic) bond motifs is 2. The minimum absolute atomic E-state index is 0.106. The van der Waals surface area contributed by atoms with Gasteiger partial charge in [-0.25, -0.2) is 19.0 Å². The highest BCUT2D eigenvalue weighted by atomic mass is 32.2. The van der Waals surface area contributed by atoms with Crippen LogP contribution < -0.4 is 9.66 Å². The Balaban J connectivity index is 1.07. The number of sulfonamides is 2. The lowest BCUT2D eigenvalue weighted by atomic mass is 9.95. The SMILES string of the molecule is Cc1ccc(S(=O)(=O)N/N=C(\CCCCCC/C(=N\NS(=O)(=O)c2ccc(C)cc2)C(c2ccccc2)n2nnc3ccccc32)C(c2ccccc2)n2nnc3ccccc32)cc1. The molecule has 0 radical (unpaired) electrons. The van der Waals surface area contributed by atoms with Gasteiger partial charge in [-0.1, -0.05) is 144 Å². The van der Waals surface area contributed by atoms with Gasteiger partial charge in [0, 0.05) is 0 Å². The van der Waals surface area contributed by atoms with Crippen LogP contribution in [-0.2, 0) is 20.0 Å². The maximum Gasteiger partial charge on any atom is 0.276 e. The molecular weight excluding hydrogens is 845 g/mol. The Bertz CT molecular complexity index is 2910. The first-order valence-corrected chi connectivity index (χ1v) is 24.0. The highest BCUT2D eigenvalue weighted by Gasteiger charge is 2.27. The number of rotatable bonds is 19. The van der Waals surface area contributed by atoms with Gasteiger partial charge in [0.2, 0.25) is 0 Å². The summed E-state index contributed by atoms with van der Waals surface area (Å²) in [5.41, 5.74) is 7.71. The monoisotopic (exact) mass is 892 g/mol. The first-order valence-electron chi connectivity index (χ1n) is 21.1. The van der Waals surface area contributed by atoms with Crippen molar-refractivity contribution in [1.29, 1.82) is 0 Å². The molecule has 64 heavy (non-hydrogen) atoms. The first kappa shape index (κ1) is 43.6. The Labute approximate surface area is 372 Å². The second kappa shape index (κ2) is 19.6. The van der Waals surface area contributed by atoms with E-state index in [1.54, 1.807) is 57.9 Å². The van der Waals surface area contributed by atoms with Crippen molar-refractivity contribution in [3.05, 3.63) is 180 Å². The Kier molecular flexibility index (Phi) is 13.3. The van der Waals surface area contributed by atoms with Crippen LogP contribution in [-0.4, -0.2) is 58.2 Å². The molecule has 8 rings (SSSR count). The van der Waals surface area contributed by atoms with Gasteiger partial charge in [0.1, 0.15) is 23.1 Å². The van der Waals surface area contributed by atoms with Crippen molar-refractivity contribution in [2.75, 3.05) is 0 Å². The van der Waals surface area contributed by atoms with Crippen molar-refractivity contribution in [2.45, 2.75) is 74.2 Å². The summed E-state index contributed by atoms with van der Waals surface area (Å²) < 4.78 is 58.0. The molecule has 14 nitrogen and oxygen atoms in total. The zero-order valence-corrected chi connectivity index (χ0v) is 37.1. The maximum atomic E-state index is 13.6.